The zero-order valence-electron chi connectivity index (χ0n) is 8.48. The van der Waals surface area contributed by atoms with Gasteiger partial charge in [-0.1, -0.05) is 33.1 Å². The summed E-state index contributed by atoms with van der Waals surface area (Å²) in [5.74, 6) is 0. The lowest BCUT2D eigenvalue weighted by atomic mass is 9.96. The Bertz CT molecular complexity index is 148. The Hall–Kier alpha value is -0.550. The zero-order chi connectivity index (χ0) is 9.45. The van der Waals surface area contributed by atoms with E-state index in [2.05, 4.69) is 18.3 Å². The maximum Gasteiger partial charge on any atom is 0.103 e. The molecule has 70 valence electrons. The zero-order valence-corrected chi connectivity index (χ0v) is 8.48. The SMILES string of the molecule is CCCCCC(C)(C#N)NCC. The van der Waals surface area contributed by atoms with Crippen LogP contribution in [0.5, 0.6) is 0 Å². The Kier molecular flexibility index (Phi) is 5.74. The van der Waals surface area contributed by atoms with Crippen molar-refractivity contribution >= 4 is 0 Å². The second kappa shape index (κ2) is 6.02. The molecule has 0 aliphatic carbocycles. The van der Waals surface area contributed by atoms with E-state index in [9.17, 15) is 0 Å². The maximum atomic E-state index is 8.90. The third kappa shape index (κ3) is 4.35. The first-order valence-electron chi connectivity index (χ1n) is 4.84. The molecule has 1 N–H and O–H groups in total. The molecule has 0 spiro atoms. The van der Waals surface area contributed by atoms with Crippen LogP contribution in [0.4, 0.5) is 0 Å². The molecule has 0 radical (unpaired) electrons. The van der Waals surface area contributed by atoms with Gasteiger partial charge < -0.3 is 0 Å². The Balaban J connectivity index is 3.73. The van der Waals surface area contributed by atoms with Crippen LogP contribution in [0.3, 0.4) is 0 Å². The van der Waals surface area contributed by atoms with Crippen LogP contribution < -0.4 is 5.32 Å². The van der Waals surface area contributed by atoms with Crippen molar-refractivity contribution in [2.45, 2.75) is 52.0 Å². The van der Waals surface area contributed by atoms with E-state index in [1.54, 1.807) is 0 Å². The molecule has 1 atom stereocenters. The summed E-state index contributed by atoms with van der Waals surface area (Å²) in [5.41, 5.74) is -0.302. The number of nitrogens with zero attached hydrogens (tertiary/aromatic N) is 1. The summed E-state index contributed by atoms with van der Waals surface area (Å²) in [6, 6.07) is 2.33. The van der Waals surface area contributed by atoms with E-state index in [0.29, 0.717) is 0 Å². The van der Waals surface area contributed by atoms with Crippen molar-refractivity contribution in [3.05, 3.63) is 0 Å². The smallest absolute Gasteiger partial charge is 0.103 e. The fourth-order valence-corrected chi connectivity index (χ4v) is 1.30. The predicted molar refractivity (Wildman–Crippen MR) is 51.8 cm³/mol. The molecule has 0 saturated heterocycles. The first-order valence-corrected chi connectivity index (χ1v) is 4.84. The highest BCUT2D eigenvalue weighted by Gasteiger charge is 2.20. The topological polar surface area (TPSA) is 35.8 Å². The minimum absolute atomic E-state index is 0.302. The van der Waals surface area contributed by atoms with Gasteiger partial charge in [-0.05, 0) is 19.9 Å². The molecule has 0 aromatic carbocycles. The van der Waals surface area contributed by atoms with Crippen LogP contribution in [0.25, 0.3) is 0 Å². The van der Waals surface area contributed by atoms with Gasteiger partial charge in [0.1, 0.15) is 5.54 Å². The van der Waals surface area contributed by atoms with Gasteiger partial charge in [0.25, 0.3) is 0 Å². The molecular formula is C10H20N2. The normalized spacial score (nSPS) is 15.2. The number of nitrogens with one attached hydrogen (secondary N) is 1. The molecule has 2 nitrogen and oxygen atoms in total. The third-order valence-corrected chi connectivity index (χ3v) is 2.09. The van der Waals surface area contributed by atoms with Crippen molar-refractivity contribution in [1.29, 1.82) is 5.26 Å². The van der Waals surface area contributed by atoms with E-state index in [-0.39, 0.29) is 5.54 Å². The first-order chi connectivity index (χ1) is 5.68. The Morgan fingerprint density at radius 3 is 2.42 bits per heavy atom. The molecule has 0 bridgehead atoms. The highest BCUT2D eigenvalue weighted by Crippen LogP contribution is 2.13. The van der Waals surface area contributed by atoms with Gasteiger partial charge in [-0.25, -0.2) is 0 Å². The molecule has 0 rings (SSSR count). The molecule has 2 heteroatoms. The summed E-state index contributed by atoms with van der Waals surface area (Å²) in [6.07, 6.45) is 4.55. The lowest BCUT2D eigenvalue weighted by Crippen LogP contribution is -2.40. The molecule has 0 saturated carbocycles. The molecule has 0 amide bonds. The van der Waals surface area contributed by atoms with Gasteiger partial charge in [0.15, 0.2) is 0 Å². The van der Waals surface area contributed by atoms with Crippen LogP contribution in [0, 0.1) is 11.3 Å². The average molecular weight is 168 g/mol. The standard InChI is InChI=1S/C10H20N2/c1-4-6-7-8-10(3,9-11)12-5-2/h12H,4-8H2,1-3H3. The molecule has 12 heavy (non-hydrogen) atoms. The second-order valence-corrected chi connectivity index (χ2v) is 3.43. The van der Waals surface area contributed by atoms with E-state index >= 15 is 0 Å². The monoisotopic (exact) mass is 168 g/mol. The summed E-state index contributed by atoms with van der Waals surface area (Å²) in [5, 5.41) is 12.1. The van der Waals surface area contributed by atoms with E-state index < -0.39 is 0 Å². The lowest BCUT2D eigenvalue weighted by Gasteiger charge is -2.21. The Morgan fingerprint density at radius 1 is 1.33 bits per heavy atom. The summed E-state index contributed by atoms with van der Waals surface area (Å²) in [6.45, 7) is 7.06. The van der Waals surface area contributed by atoms with Gasteiger partial charge in [0.2, 0.25) is 0 Å². The molecule has 0 fully saturated rings. The summed E-state index contributed by atoms with van der Waals surface area (Å²) < 4.78 is 0. The number of hydrogen-bond donors (Lipinski definition) is 1. The van der Waals surface area contributed by atoms with Crippen molar-refractivity contribution in [2.75, 3.05) is 6.54 Å². The highest BCUT2D eigenvalue weighted by atomic mass is 14.9. The molecule has 0 aromatic rings. The number of nitriles is 1. The van der Waals surface area contributed by atoms with Crippen molar-refractivity contribution < 1.29 is 0 Å². The Labute approximate surface area is 76.0 Å². The van der Waals surface area contributed by atoms with Crippen LogP contribution in [-0.4, -0.2) is 12.1 Å². The number of hydrogen-bond acceptors (Lipinski definition) is 2. The van der Waals surface area contributed by atoms with Crippen molar-refractivity contribution in [3.8, 4) is 6.07 Å². The third-order valence-electron chi connectivity index (χ3n) is 2.09. The maximum absolute atomic E-state index is 8.90. The average Bonchev–Trinajstić information content (AvgIpc) is 2.06. The van der Waals surface area contributed by atoms with Crippen LogP contribution in [-0.2, 0) is 0 Å². The molecular weight excluding hydrogens is 148 g/mol. The van der Waals surface area contributed by atoms with E-state index in [4.69, 9.17) is 5.26 Å². The first kappa shape index (κ1) is 11.4. The summed E-state index contributed by atoms with van der Waals surface area (Å²) in [7, 11) is 0. The van der Waals surface area contributed by atoms with Gasteiger partial charge in [-0.3, -0.25) is 5.32 Å². The van der Waals surface area contributed by atoms with Gasteiger partial charge in [-0.15, -0.1) is 0 Å². The van der Waals surface area contributed by atoms with Gasteiger partial charge >= 0.3 is 0 Å². The van der Waals surface area contributed by atoms with E-state index in [1.165, 1.54) is 12.8 Å². The second-order valence-electron chi connectivity index (χ2n) is 3.43. The fraction of sp³-hybridized carbons (Fsp3) is 0.900. The van der Waals surface area contributed by atoms with E-state index in [0.717, 1.165) is 19.4 Å². The van der Waals surface area contributed by atoms with Gasteiger partial charge in [0.05, 0.1) is 6.07 Å². The van der Waals surface area contributed by atoms with Crippen LogP contribution >= 0.6 is 0 Å². The van der Waals surface area contributed by atoms with Crippen LogP contribution in [0.15, 0.2) is 0 Å². The van der Waals surface area contributed by atoms with E-state index in [1.807, 2.05) is 13.8 Å². The minimum atomic E-state index is -0.302. The van der Waals surface area contributed by atoms with Gasteiger partial charge in [0, 0.05) is 0 Å². The molecule has 0 heterocycles. The summed E-state index contributed by atoms with van der Waals surface area (Å²) in [4.78, 5) is 0. The Morgan fingerprint density at radius 2 is 2.00 bits per heavy atom. The molecule has 0 aliphatic heterocycles. The van der Waals surface area contributed by atoms with Gasteiger partial charge in [-0.2, -0.15) is 5.26 Å². The van der Waals surface area contributed by atoms with Crippen LogP contribution in [0.1, 0.15) is 46.5 Å². The largest absolute Gasteiger partial charge is 0.300 e. The number of rotatable bonds is 6. The molecule has 0 aliphatic rings. The van der Waals surface area contributed by atoms with Crippen molar-refractivity contribution in [2.24, 2.45) is 0 Å². The predicted octanol–water partition coefficient (Wildman–Crippen LogP) is 2.46. The number of unbranched alkanes of at least 4 members (excludes halogenated alkanes) is 2. The molecule has 1 unspecified atom stereocenters. The molecule has 0 aromatic heterocycles. The fourth-order valence-electron chi connectivity index (χ4n) is 1.30. The van der Waals surface area contributed by atoms with Crippen molar-refractivity contribution in [3.63, 3.8) is 0 Å². The minimum Gasteiger partial charge on any atom is -0.300 e. The quantitative estimate of drug-likeness (QED) is 0.618. The lowest BCUT2D eigenvalue weighted by molar-refractivity contribution is 0.410. The highest BCUT2D eigenvalue weighted by molar-refractivity contribution is 5.03. The van der Waals surface area contributed by atoms with Crippen molar-refractivity contribution in [1.82, 2.24) is 5.32 Å². The summed E-state index contributed by atoms with van der Waals surface area (Å²) >= 11 is 0. The van der Waals surface area contributed by atoms with Crippen LogP contribution in [0.2, 0.25) is 0 Å².